The summed E-state index contributed by atoms with van der Waals surface area (Å²) in [7, 11) is 7.67. The summed E-state index contributed by atoms with van der Waals surface area (Å²) >= 11 is 0. The van der Waals surface area contributed by atoms with E-state index in [9.17, 15) is 5.11 Å². The van der Waals surface area contributed by atoms with Crippen LogP contribution in [0.5, 0.6) is 0 Å². The predicted octanol–water partition coefficient (Wildman–Crippen LogP) is 1.94. The third-order valence-electron chi connectivity index (χ3n) is 2.81. The Hall–Kier alpha value is -1.22. The zero-order valence-electron chi connectivity index (χ0n) is 10.9. The zero-order chi connectivity index (χ0) is 13.1. The first-order valence-corrected chi connectivity index (χ1v) is 5.76. The van der Waals surface area contributed by atoms with Crippen LogP contribution in [0.25, 0.3) is 5.57 Å². The average Bonchev–Trinajstić information content (AvgIpc) is 2.28. The lowest BCUT2D eigenvalue weighted by atomic mass is 9.83. The van der Waals surface area contributed by atoms with Crippen LogP contribution in [0.3, 0.4) is 0 Å². The van der Waals surface area contributed by atoms with E-state index >= 15 is 0 Å². The number of aliphatic hydroxyl groups is 1. The fraction of sp³-hybridized carbons (Fsp3) is 0.429. The molecule has 3 heteroatoms. The minimum atomic E-state index is -0.160. The van der Waals surface area contributed by atoms with Crippen LogP contribution in [0.4, 0.5) is 5.69 Å². The van der Waals surface area contributed by atoms with Crippen molar-refractivity contribution in [1.29, 1.82) is 0 Å². The van der Waals surface area contributed by atoms with Gasteiger partial charge in [0.15, 0.2) is 0 Å². The zero-order valence-corrected chi connectivity index (χ0v) is 10.9. The van der Waals surface area contributed by atoms with Gasteiger partial charge in [0.05, 0.1) is 0 Å². The fourth-order valence-corrected chi connectivity index (χ4v) is 1.80. The van der Waals surface area contributed by atoms with Crippen molar-refractivity contribution in [2.45, 2.75) is 20.3 Å². The maximum atomic E-state index is 9.29. The van der Waals surface area contributed by atoms with E-state index in [-0.39, 0.29) is 12.0 Å². The second-order valence-corrected chi connectivity index (χ2v) is 5.16. The Morgan fingerprint density at radius 2 is 2.12 bits per heavy atom. The number of anilines is 1. The summed E-state index contributed by atoms with van der Waals surface area (Å²) in [6.07, 6.45) is 0.738. The number of nitrogens with one attached hydrogen (secondary N) is 1. The highest BCUT2D eigenvalue weighted by molar-refractivity contribution is 6.32. The third-order valence-corrected chi connectivity index (χ3v) is 2.81. The molecule has 17 heavy (non-hydrogen) atoms. The minimum Gasteiger partial charge on any atom is -0.396 e. The number of allylic oxidation sites excluding steroid dienone is 1. The van der Waals surface area contributed by atoms with Gasteiger partial charge in [-0.25, -0.2) is 0 Å². The standard InChI is InChI=1S/C14H20BNO/c1-10(8-14(2,3)9-17)12-7-11(15)5-6-13(12)16-4/h5-7,16-17H,1,8-9H2,2-4H3. The molecule has 2 N–H and O–H groups in total. The Morgan fingerprint density at radius 3 is 2.65 bits per heavy atom. The average molecular weight is 229 g/mol. The predicted molar refractivity (Wildman–Crippen MR) is 75.9 cm³/mol. The molecule has 0 saturated carbocycles. The smallest absolute Gasteiger partial charge is 0.113 e. The molecule has 1 aromatic carbocycles. The Morgan fingerprint density at radius 1 is 1.47 bits per heavy atom. The van der Waals surface area contributed by atoms with Gasteiger partial charge in [0, 0.05) is 19.3 Å². The molecule has 1 rings (SSSR count). The molecule has 2 nitrogen and oxygen atoms in total. The summed E-state index contributed by atoms with van der Waals surface area (Å²) in [6, 6.07) is 5.73. The molecule has 2 radical (unpaired) electrons. The molecule has 0 saturated heterocycles. The van der Waals surface area contributed by atoms with Crippen molar-refractivity contribution < 1.29 is 5.11 Å². The summed E-state index contributed by atoms with van der Waals surface area (Å²) in [6.45, 7) is 8.28. The van der Waals surface area contributed by atoms with Crippen LogP contribution in [0.15, 0.2) is 24.8 Å². The Bertz CT molecular complexity index is 413. The normalized spacial score (nSPS) is 11.3. The van der Waals surface area contributed by atoms with Crippen LogP contribution in [0.2, 0.25) is 0 Å². The molecule has 0 spiro atoms. The van der Waals surface area contributed by atoms with E-state index < -0.39 is 0 Å². The Kier molecular flexibility index (Phi) is 4.41. The molecular formula is C14H20BNO. The summed E-state index contributed by atoms with van der Waals surface area (Å²) in [5.74, 6) is 0. The van der Waals surface area contributed by atoms with Crippen LogP contribution in [0, 0.1) is 5.41 Å². The van der Waals surface area contributed by atoms with Gasteiger partial charge < -0.3 is 10.4 Å². The second-order valence-electron chi connectivity index (χ2n) is 5.16. The van der Waals surface area contributed by atoms with Crippen molar-refractivity contribution in [3.63, 3.8) is 0 Å². The lowest BCUT2D eigenvalue weighted by Crippen LogP contribution is -2.17. The van der Waals surface area contributed by atoms with Crippen molar-refractivity contribution >= 4 is 24.6 Å². The first-order chi connectivity index (χ1) is 7.89. The molecule has 0 aliphatic carbocycles. The molecule has 0 bridgehead atoms. The molecule has 0 amide bonds. The van der Waals surface area contributed by atoms with Gasteiger partial charge >= 0.3 is 0 Å². The lowest BCUT2D eigenvalue weighted by molar-refractivity contribution is 0.164. The highest BCUT2D eigenvalue weighted by Crippen LogP contribution is 2.32. The second kappa shape index (κ2) is 5.41. The molecule has 1 aromatic rings. The van der Waals surface area contributed by atoms with E-state index in [2.05, 4.69) is 11.9 Å². The van der Waals surface area contributed by atoms with Crippen molar-refractivity contribution in [3.05, 3.63) is 30.3 Å². The van der Waals surface area contributed by atoms with E-state index in [1.165, 1.54) is 0 Å². The van der Waals surface area contributed by atoms with E-state index in [0.717, 1.165) is 28.7 Å². The van der Waals surface area contributed by atoms with Crippen molar-refractivity contribution in [2.75, 3.05) is 19.0 Å². The third kappa shape index (κ3) is 3.63. The van der Waals surface area contributed by atoms with Crippen molar-refractivity contribution in [2.24, 2.45) is 5.41 Å². The van der Waals surface area contributed by atoms with E-state index in [1.807, 2.05) is 39.1 Å². The van der Waals surface area contributed by atoms with Gasteiger partial charge in [0.1, 0.15) is 7.85 Å². The minimum absolute atomic E-state index is 0.142. The van der Waals surface area contributed by atoms with Gasteiger partial charge in [-0.2, -0.15) is 0 Å². The van der Waals surface area contributed by atoms with E-state index in [4.69, 9.17) is 7.85 Å². The van der Waals surface area contributed by atoms with Gasteiger partial charge in [-0.05, 0) is 29.0 Å². The largest absolute Gasteiger partial charge is 0.396 e. The summed E-state index contributed by atoms with van der Waals surface area (Å²) in [5, 5.41) is 12.4. The van der Waals surface area contributed by atoms with Gasteiger partial charge in [-0.15, -0.1) is 0 Å². The molecule has 0 unspecified atom stereocenters. The van der Waals surface area contributed by atoms with Crippen LogP contribution in [-0.4, -0.2) is 26.6 Å². The highest BCUT2D eigenvalue weighted by Gasteiger charge is 2.19. The number of hydrogen-bond donors (Lipinski definition) is 2. The van der Waals surface area contributed by atoms with Crippen LogP contribution >= 0.6 is 0 Å². The summed E-state index contributed by atoms with van der Waals surface area (Å²) in [4.78, 5) is 0. The topological polar surface area (TPSA) is 32.3 Å². The van der Waals surface area contributed by atoms with Crippen molar-refractivity contribution in [1.82, 2.24) is 0 Å². The first kappa shape index (κ1) is 13.8. The van der Waals surface area contributed by atoms with Gasteiger partial charge in [-0.3, -0.25) is 0 Å². The van der Waals surface area contributed by atoms with Gasteiger partial charge in [0.25, 0.3) is 0 Å². The van der Waals surface area contributed by atoms with Gasteiger partial charge in [-0.1, -0.05) is 38.0 Å². The summed E-state index contributed by atoms with van der Waals surface area (Å²) < 4.78 is 0. The number of rotatable bonds is 5. The molecule has 0 atom stereocenters. The van der Waals surface area contributed by atoms with Crippen LogP contribution in [0.1, 0.15) is 25.8 Å². The Labute approximate surface area is 105 Å². The first-order valence-electron chi connectivity index (χ1n) is 5.76. The van der Waals surface area contributed by atoms with Gasteiger partial charge in [0.2, 0.25) is 0 Å². The van der Waals surface area contributed by atoms with Crippen molar-refractivity contribution in [3.8, 4) is 0 Å². The number of benzene rings is 1. The van der Waals surface area contributed by atoms with E-state index in [1.54, 1.807) is 0 Å². The number of aliphatic hydroxyl groups excluding tert-OH is 1. The molecular weight excluding hydrogens is 209 g/mol. The molecule has 0 aliphatic heterocycles. The molecule has 0 heterocycles. The molecule has 0 aliphatic rings. The molecule has 0 fully saturated rings. The number of hydrogen-bond acceptors (Lipinski definition) is 2. The maximum Gasteiger partial charge on any atom is 0.113 e. The SMILES string of the molecule is [B]c1ccc(NC)c(C(=C)CC(C)(C)CO)c1. The fourth-order valence-electron chi connectivity index (χ4n) is 1.80. The quantitative estimate of drug-likeness (QED) is 0.756. The molecule has 90 valence electrons. The monoisotopic (exact) mass is 229 g/mol. The molecule has 0 aromatic heterocycles. The van der Waals surface area contributed by atoms with Crippen LogP contribution in [-0.2, 0) is 0 Å². The Balaban J connectivity index is 2.99. The highest BCUT2D eigenvalue weighted by atomic mass is 16.3. The van der Waals surface area contributed by atoms with Crippen LogP contribution < -0.4 is 10.8 Å². The van der Waals surface area contributed by atoms with E-state index in [0.29, 0.717) is 0 Å². The maximum absolute atomic E-state index is 9.29. The summed E-state index contributed by atoms with van der Waals surface area (Å²) in [5.41, 5.74) is 3.58. The lowest BCUT2D eigenvalue weighted by Gasteiger charge is -2.24.